The molecule has 1 aliphatic rings. The van der Waals surface area contributed by atoms with Crippen LogP contribution >= 0.6 is 0 Å². The first-order valence-electron chi connectivity index (χ1n) is 13.8. The highest BCUT2D eigenvalue weighted by molar-refractivity contribution is 6.17. The van der Waals surface area contributed by atoms with Gasteiger partial charge in [-0.05, 0) is 78.0 Å². The lowest BCUT2D eigenvalue weighted by Gasteiger charge is -2.35. The summed E-state index contributed by atoms with van der Waals surface area (Å²) in [6.45, 7) is 13.8. The number of benzene rings is 3. The van der Waals surface area contributed by atoms with Gasteiger partial charge in [0.25, 0.3) is 0 Å². The summed E-state index contributed by atoms with van der Waals surface area (Å²) in [5.41, 5.74) is 12.6. The molecule has 0 saturated heterocycles. The van der Waals surface area contributed by atoms with Crippen molar-refractivity contribution in [2.24, 2.45) is 18.9 Å². The van der Waals surface area contributed by atoms with Gasteiger partial charge < -0.3 is 4.42 Å². The lowest BCUT2D eigenvalue weighted by Crippen LogP contribution is -2.30. The molecule has 0 N–H and O–H groups in total. The summed E-state index contributed by atoms with van der Waals surface area (Å²) >= 11 is 0. The lowest BCUT2D eigenvalue weighted by atomic mass is 9.68. The topological polar surface area (TPSA) is 17.0 Å². The van der Waals surface area contributed by atoms with Gasteiger partial charge in [0, 0.05) is 28.3 Å². The summed E-state index contributed by atoms with van der Waals surface area (Å²) < 4.78 is 8.98. The first kappa shape index (κ1) is 24.0. The lowest BCUT2D eigenvalue weighted by molar-refractivity contribution is -0.660. The van der Waals surface area contributed by atoms with Gasteiger partial charge in [-0.15, -0.1) is 0 Å². The van der Waals surface area contributed by atoms with Crippen molar-refractivity contribution in [1.29, 1.82) is 0 Å². The Morgan fingerprint density at radius 2 is 1.54 bits per heavy atom. The molecule has 0 aliphatic heterocycles. The second-order valence-corrected chi connectivity index (χ2v) is 12.1. The number of hydrogen-bond acceptors (Lipinski definition) is 1. The van der Waals surface area contributed by atoms with Crippen LogP contribution in [0.5, 0.6) is 0 Å². The Hall–Kier alpha value is -3.39. The summed E-state index contributed by atoms with van der Waals surface area (Å²) in [5.74, 6) is 1.20. The molecule has 0 spiro atoms. The maximum Gasteiger partial charge on any atom is 0.216 e. The monoisotopic (exact) mass is 488 g/mol. The fraction of sp³-hybridized carbons (Fsp3) is 0.343. The van der Waals surface area contributed by atoms with E-state index in [1.807, 2.05) is 0 Å². The zero-order chi connectivity index (χ0) is 26.1. The molecule has 2 heteroatoms. The maximum absolute atomic E-state index is 6.77. The van der Waals surface area contributed by atoms with Crippen molar-refractivity contribution < 1.29 is 8.98 Å². The van der Waals surface area contributed by atoms with Gasteiger partial charge in [-0.1, -0.05) is 70.2 Å². The van der Waals surface area contributed by atoms with Crippen LogP contribution in [-0.2, 0) is 12.5 Å². The molecular weight excluding hydrogens is 450 g/mol. The van der Waals surface area contributed by atoms with Crippen molar-refractivity contribution in [3.05, 3.63) is 89.1 Å². The molecule has 0 fully saturated rings. The van der Waals surface area contributed by atoms with Crippen LogP contribution < -0.4 is 4.57 Å². The molecule has 188 valence electrons. The number of rotatable bonds is 5. The van der Waals surface area contributed by atoms with E-state index >= 15 is 0 Å². The Labute approximate surface area is 221 Å². The minimum Gasteiger partial charge on any atom is -0.455 e. The molecule has 0 radical (unpaired) electrons. The minimum absolute atomic E-state index is 0.0303. The summed E-state index contributed by atoms with van der Waals surface area (Å²) in [6, 6.07) is 22.7. The number of fused-ring (bicyclic) bond motifs is 7. The molecule has 3 aromatic carbocycles. The summed E-state index contributed by atoms with van der Waals surface area (Å²) in [5, 5.41) is 2.49. The van der Waals surface area contributed by atoms with Gasteiger partial charge in [-0.25, -0.2) is 4.57 Å². The number of aryl methyl sites for hydroxylation is 3. The van der Waals surface area contributed by atoms with E-state index in [1.54, 1.807) is 0 Å². The molecule has 0 saturated carbocycles. The Morgan fingerprint density at radius 1 is 0.811 bits per heavy atom. The smallest absolute Gasteiger partial charge is 0.216 e. The zero-order valence-corrected chi connectivity index (χ0v) is 23.3. The van der Waals surface area contributed by atoms with E-state index in [4.69, 9.17) is 4.42 Å². The molecule has 0 atom stereocenters. The van der Waals surface area contributed by atoms with E-state index in [9.17, 15) is 0 Å². The van der Waals surface area contributed by atoms with Gasteiger partial charge in [0.2, 0.25) is 5.69 Å². The largest absolute Gasteiger partial charge is 0.455 e. The van der Waals surface area contributed by atoms with E-state index < -0.39 is 0 Å². The average molecular weight is 489 g/mol. The van der Waals surface area contributed by atoms with Crippen molar-refractivity contribution in [2.45, 2.75) is 59.8 Å². The highest BCUT2D eigenvalue weighted by Gasteiger charge is 2.44. The number of furan rings is 1. The number of nitrogens with zero attached hydrogens (tertiary/aromatic N) is 1. The zero-order valence-electron chi connectivity index (χ0n) is 23.3. The van der Waals surface area contributed by atoms with Crippen molar-refractivity contribution >= 4 is 21.9 Å². The molecular formula is C35H38NO+. The first-order chi connectivity index (χ1) is 17.7. The molecule has 2 aromatic heterocycles. The van der Waals surface area contributed by atoms with Crippen LogP contribution in [-0.4, -0.2) is 0 Å². The van der Waals surface area contributed by atoms with Crippen LogP contribution in [0.15, 0.2) is 71.3 Å². The molecule has 6 rings (SSSR count). The molecule has 5 aromatic rings. The van der Waals surface area contributed by atoms with Gasteiger partial charge in [0.05, 0.1) is 5.56 Å². The predicted molar refractivity (Wildman–Crippen MR) is 155 cm³/mol. The molecule has 0 amide bonds. The predicted octanol–water partition coefficient (Wildman–Crippen LogP) is 9.05. The van der Waals surface area contributed by atoms with Crippen LogP contribution in [0.4, 0.5) is 0 Å². The third kappa shape index (κ3) is 3.56. The van der Waals surface area contributed by atoms with Crippen LogP contribution in [0.25, 0.3) is 44.3 Å². The minimum atomic E-state index is 0.0303. The van der Waals surface area contributed by atoms with Crippen LogP contribution in [0.2, 0.25) is 0 Å². The summed E-state index contributed by atoms with van der Waals surface area (Å²) in [6.07, 6.45) is 4.45. The Morgan fingerprint density at radius 3 is 2.27 bits per heavy atom. The van der Waals surface area contributed by atoms with Crippen molar-refractivity contribution in [3.8, 4) is 22.4 Å². The maximum atomic E-state index is 6.77. The normalized spacial score (nSPS) is 14.2. The molecule has 0 bridgehead atoms. The highest BCUT2D eigenvalue weighted by Crippen LogP contribution is 2.58. The van der Waals surface area contributed by atoms with Crippen LogP contribution in [0.1, 0.15) is 62.8 Å². The third-order valence-corrected chi connectivity index (χ3v) is 8.32. The van der Waals surface area contributed by atoms with E-state index in [0.717, 1.165) is 24.0 Å². The van der Waals surface area contributed by atoms with Gasteiger partial charge in [-0.3, -0.25) is 0 Å². The van der Waals surface area contributed by atoms with Gasteiger partial charge in [0.1, 0.15) is 18.2 Å². The quantitative estimate of drug-likeness (QED) is 0.226. The summed E-state index contributed by atoms with van der Waals surface area (Å²) in [7, 11) is 2.12. The third-order valence-electron chi connectivity index (χ3n) is 8.32. The SMILES string of the molecule is Cc1cc[n+](C)c(-c2c(C)ccc3c2oc2ccc4c(c23)-c2ccccc2C4(CC(C)C)CC(C)C)c1. The summed E-state index contributed by atoms with van der Waals surface area (Å²) in [4.78, 5) is 0. The Kier molecular flexibility index (Phi) is 5.56. The van der Waals surface area contributed by atoms with Gasteiger partial charge in [0.15, 0.2) is 6.20 Å². The van der Waals surface area contributed by atoms with E-state index in [2.05, 4.69) is 120 Å². The van der Waals surface area contributed by atoms with Crippen molar-refractivity contribution in [1.82, 2.24) is 0 Å². The van der Waals surface area contributed by atoms with Crippen LogP contribution in [0.3, 0.4) is 0 Å². The van der Waals surface area contributed by atoms with Crippen molar-refractivity contribution in [2.75, 3.05) is 0 Å². The van der Waals surface area contributed by atoms with E-state index in [-0.39, 0.29) is 5.41 Å². The van der Waals surface area contributed by atoms with Crippen LogP contribution in [0, 0.1) is 25.7 Å². The molecule has 1 aliphatic carbocycles. The molecule has 2 heterocycles. The first-order valence-corrected chi connectivity index (χ1v) is 13.8. The highest BCUT2D eigenvalue weighted by atomic mass is 16.3. The average Bonchev–Trinajstić information content (AvgIpc) is 3.34. The van der Waals surface area contributed by atoms with Crippen molar-refractivity contribution in [3.63, 3.8) is 0 Å². The molecule has 37 heavy (non-hydrogen) atoms. The van der Waals surface area contributed by atoms with Gasteiger partial charge in [-0.2, -0.15) is 0 Å². The fourth-order valence-corrected chi connectivity index (χ4v) is 7.13. The number of aromatic nitrogens is 1. The second kappa shape index (κ2) is 8.58. The number of pyridine rings is 1. The Bertz CT molecular complexity index is 1660. The van der Waals surface area contributed by atoms with Gasteiger partial charge >= 0.3 is 0 Å². The Balaban J connectivity index is 1.73. The fourth-order valence-electron chi connectivity index (χ4n) is 7.13. The number of hydrogen-bond donors (Lipinski definition) is 0. The molecule has 2 nitrogen and oxygen atoms in total. The van der Waals surface area contributed by atoms with E-state index in [1.165, 1.54) is 55.4 Å². The second-order valence-electron chi connectivity index (χ2n) is 12.1. The molecule has 0 unspecified atom stereocenters. The standard InChI is InChI=1S/C35H38NO/c1-21(2)19-35(20-22(3)4)27-11-9-8-10-25(27)32-28(35)14-15-30-33(32)26-13-12-24(6)31(34(26)37-30)29-18-23(5)16-17-36(29)7/h8-18,21-22H,19-20H2,1-7H3/q+1. The van der Waals surface area contributed by atoms with E-state index in [0.29, 0.717) is 11.8 Å².